The molecule has 112 valence electrons. The molecular formula is C14H11F2N5O. The number of hydrogen-bond donors (Lipinski definition) is 1. The second kappa shape index (κ2) is 5.47. The standard InChI is InChI=1S/C14H11F2N5O/c1-8-4-5-21-12(19-20-14(21)18-8)13(22)17-7-9-6-10(15)2-3-11(9)16/h2-6H,7H2,1H3,(H,17,22). The lowest BCUT2D eigenvalue weighted by Crippen LogP contribution is -2.25. The zero-order valence-corrected chi connectivity index (χ0v) is 11.5. The van der Waals surface area contributed by atoms with Gasteiger partial charge in [-0.25, -0.2) is 13.8 Å². The SMILES string of the molecule is Cc1ccn2c(C(=O)NCc3cc(F)ccc3F)nnc2n1. The van der Waals surface area contributed by atoms with E-state index in [1.54, 1.807) is 19.2 Å². The van der Waals surface area contributed by atoms with Gasteiger partial charge in [0.1, 0.15) is 11.6 Å². The van der Waals surface area contributed by atoms with Crippen LogP contribution in [-0.4, -0.2) is 25.5 Å². The number of hydrogen-bond acceptors (Lipinski definition) is 4. The number of rotatable bonds is 3. The van der Waals surface area contributed by atoms with Crippen LogP contribution in [0.25, 0.3) is 5.78 Å². The summed E-state index contributed by atoms with van der Waals surface area (Å²) in [5.74, 6) is -1.40. The minimum absolute atomic E-state index is 0.0271. The van der Waals surface area contributed by atoms with E-state index in [-0.39, 0.29) is 17.9 Å². The Morgan fingerprint density at radius 3 is 2.91 bits per heavy atom. The number of aryl methyl sites for hydroxylation is 1. The highest BCUT2D eigenvalue weighted by molar-refractivity contribution is 5.91. The van der Waals surface area contributed by atoms with Crippen molar-refractivity contribution in [3.8, 4) is 0 Å². The molecule has 0 aliphatic rings. The van der Waals surface area contributed by atoms with E-state index in [4.69, 9.17) is 0 Å². The van der Waals surface area contributed by atoms with Crippen molar-refractivity contribution in [3.63, 3.8) is 0 Å². The van der Waals surface area contributed by atoms with Crippen LogP contribution in [0.3, 0.4) is 0 Å². The maximum Gasteiger partial charge on any atom is 0.289 e. The largest absolute Gasteiger partial charge is 0.345 e. The molecule has 3 aromatic rings. The van der Waals surface area contributed by atoms with Crippen LogP contribution in [0.2, 0.25) is 0 Å². The normalized spacial score (nSPS) is 10.9. The molecule has 0 atom stereocenters. The predicted octanol–water partition coefficient (Wildman–Crippen LogP) is 1.64. The average molecular weight is 303 g/mol. The van der Waals surface area contributed by atoms with Gasteiger partial charge >= 0.3 is 0 Å². The van der Waals surface area contributed by atoms with Crippen molar-refractivity contribution in [2.45, 2.75) is 13.5 Å². The van der Waals surface area contributed by atoms with Gasteiger partial charge in [0.15, 0.2) is 0 Å². The number of nitrogens with one attached hydrogen (secondary N) is 1. The highest BCUT2D eigenvalue weighted by Gasteiger charge is 2.15. The summed E-state index contributed by atoms with van der Waals surface area (Å²) in [5, 5.41) is 10.0. The first-order valence-electron chi connectivity index (χ1n) is 6.45. The lowest BCUT2D eigenvalue weighted by atomic mass is 10.2. The van der Waals surface area contributed by atoms with Gasteiger partial charge in [-0.2, -0.15) is 0 Å². The van der Waals surface area contributed by atoms with Gasteiger partial charge in [0.2, 0.25) is 5.82 Å². The van der Waals surface area contributed by atoms with Crippen LogP contribution in [0.4, 0.5) is 8.78 Å². The van der Waals surface area contributed by atoms with E-state index in [0.29, 0.717) is 5.78 Å². The molecule has 0 aliphatic carbocycles. The van der Waals surface area contributed by atoms with Crippen molar-refractivity contribution in [1.29, 1.82) is 0 Å². The number of carbonyl (C=O) groups excluding carboxylic acids is 1. The Morgan fingerprint density at radius 2 is 2.09 bits per heavy atom. The first kappa shape index (κ1) is 14.1. The minimum Gasteiger partial charge on any atom is -0.345 e. The van der Waals surface area contributed by atoms with Crippen molar-refractivity contribution in [3.05, 3.63) is 59.2 Å². The molecule has 22 heavy (non-hydrogen) atoms. The van der Waals surface area contributed by atoms with Gasteiger partial charge in [-0.1, -0.05) is 0 Å². The number of amides is 1. The highest BCUT2D eigenvalue weighted by Crippen LogP contribution is 2.10. The molecule has 1 N–H and O–H groups in total. The fourth-order valence-corrected chi connectivity index (χ4v) is 1.96. The molecule has 0 unspecified atom stereocenters. The lowest BCUT2D eigenvalue weighted by Gasteiger charge is -2.05. The molecular weight excluding hydrogens is 292 g/mol. The summed E-state index contributed by atoms with van der Waals surface area (Å²) in [6, 6.07) is 4.76. The molecule has 0 spiro atoms. The van der Waals surface area contributed by atoms with Gasteiger partial charge in [-0.05, 0) is 31.2 Å². The van der Waals surface area contributed by atoms with Gasteiger partial charge < -0.3 is 5.32 Å². The van der Waals surface area contributed by atoms with Gasteiger partial charge in [0.05, 0.1) is 0 Å². The average Bonchev–Trinajstić information content (AvgIpc) is 2.90. The number of halogens is 2. The summed E-state index contributed by atoms with van der Waals surface area (Å²) in [7, 11) is 0. The number of fused-ring (bicyclic) bond motifs is 1. The maximum atomic E-state index is 13.5. The maximum absolute atomic E-state index is 13.5. The van der Waals surface area contributed by atoms with E-state index < -0.39 is 17.5 Å². The third-order valence-corrected chi connectivity index (χ3v) is 3.07. The zero-order valence-electron chi connectivity index (χ0n) is 11.5. The fourth-order valence-electron chi connectivity index (χ4n) is 1.96. The Labute approximate surface area is 123 Å². The molecule has 0 saturated heterocycles. The Hall–Kier alpha value is -2.90. The van der Waals surface area contributed by atoms with E-state index in [1.165, 1.54) is 4.40 Å². The number of carbonyl (C=O) groups is 1. The minimum atomic E-state index is -0.593. The lowest BCUT2D eigenvalue weighted by molar-refractivity contribution is 0.0939. The van der Waals surface area contributed by atoms with Gasteiger partial charge in [-0.3, -0.25) is 9.20 Å². The smallest absolute Gasteiger partial charge is 0.289 e. The van der Waals surface area contributed by atoms with Crippen LogP contribution in [0.1, 0.15) is 21.9 Å². The van der Waals surface area contributed by atoms with Crippen molar-refractivity contribution in [2.75, 3.05) is 0 Å². The Morgan fingerprint density at radius 1 is 1.27 bits per heavy atom. The molecule has 2 aromatic heterocycles. The van der Waals surface area contributed by atoms with Crippen molar-refractivity contribution in [1.82, 2.24) is 24.9 Å². The Balaban J connectivity index is 1.80. The molecule has 8 heteroatoms. The van der Waals surface area contributed by atoms with Crippen LogP contribution >= 0.6 is 0 Å². The van der Waals surface area contributed by atoms with E-state index >= 15 is 0 Å². The molecule has 0 bridgehead atoms. The molecule has 1 aromatic carbocycles. The van der Waals surface area contributed by atoms with Crippen molar-refractivity contribution < 1.29 is 13.6 Å². The van der Waals surface area contributed by atoms with E-state index in [9.17, 15) is 13.6 Å². The fraction of sp³-hybridized carbons (Fsp3) is 0.143. The third-order valence-electron chi connectivity index (χ3n) is 3.07. The number of benzene rings is 1. The second-order valence-electron chi connectivity index (χ2n) is 4.68. The molecule has 2 heterocycles. The quantitative estimate of drug-likeness (QED) is 0.798. The Kier molecular flexibility index (Phi) is 3.50. The molecule has 0 aliphatic heterocycles. The van der Waals surface area contributed by atoms with Crippen molar-refractivity contribution in [2.24, 2.45) is 0 Å². The van der Waals surface area contributed by atoms with Gasteiger partial charge in [0.25, 0.3) is 11.7 Å². The molecule has 0 saturated carbocycles. The summed E-state index contributed by atoms with van der Waals surface area (Å²) in [5.41, 5.74) is 0.796. The topological polar surface area (TPSA) is 72.2 Å². The summed E-state index contributed by atoms with van der Waals surface area (Å²) in [6.07, 6.45) is 1.62. The summed E-state index contributed by atoms with van der Waals surface area (Å²) in [6.45, 7) is 1.64. The number of aromatic nitrogens is 4. The molecule has 1 amide bonds. The Bertz CT molecular complexity index is 862. The highest BCUT2D eigenvalue weighted by atomic mass is 19.1. The molecule has 3 rings (SSSR count). The van der Waals surface area contributed by atoms with Crippen LogP contribution in [-0.2, 0) is 6.54 Å². The van der Waals surface area contributed by atoms with Gasteiger partial charge in [-0.15, -0.1) is 10.2 Å². The van der Waals surface area contributed by atoms with E-state index in [1.807, 2.05) is 0 Å². The second-order valence-corrected chi connectivity index (χ2v) is 4.68. The summed E-state index contributed by atoms with van der Waals surface area (Å²) < 4.78 is 28.0. The monoisotopic (exact) mass is 303 g/mol. The summed E-state index contributed by atoms with van der Waals surface area (Å²) >= 11 is 0. The van der Waals surface area contributed by atoms with Crippen LogP contribution in [0.15, 0.2) is 30.5 Å². The van der Waals surface area contributed by atoms with E-state index in [0.717, 1.165) is 23.9 Å². The molecule has 6 nitrogen and oxygen atoms in total. The van der Waals surface area contributed by atoms with Gasteiger partial charge in [0, 0.05) is 24.0 Å². The van der Waals surface area contributed by atoms with Crippen LogP contribution in [0.5, 0.6) is 0 Å². The van der Waals surface area contributed by atoms with Crippen molar-refractivity contribution >= 4 is 11.7 Å². The first-order chi connectivity index (χ1) is 10.5. The molecule has 0 radical (unpaired) electrons. The van der Waals surface area contributed by atoms with E-state index in [2.05, 4.69) is 20.5 Å². The predicted molar refractivity (Wildman–Crippen MR) is 73.0 cm³/mol. The van der Waals surface area contributed by atoms with Crippen LogP contribution in [0, 0.1) is 18.6 Å². The summed E-state index contributed by atoms with van der Waals surface area (Å²) in [4.78, 5) is 16.2. The zero-order chi connectivity index (χ0) is 15.7. The molecule has 0 fully saturated rings. The van der Waals surface area contributed by atoms with Crippen LogP contribution < -0.4 is 5.32 Å². The first-order valence-corrected chi connectivity index (χ1v) is 6.45. The number of nitrogens with zero attached hydrogens (tertiary/aromatic N) is 4. The third kappa shape index (κ3) is 2.62.